The number of rotatable bonds is 3. The molecule has 8 atom stereocenters. The van der Waals surface area contributed by atoms with Gasteiger partial charge in [-0.05, 0) is 127 Å². The van der Waals surface area contributed by atoms with Gasteiger partial charge >= 0.3 is 11.9 Å². The Morgan fingerprint density at radius 2 is 1.58 bits per heavy atom. The summed E-state index contributed by atoms with van der Waals surface area (Å²) in [5.41, 5.74) is 3.34. The molecule has 0 aromatic heterocycles. The fourth-order valence-electron chi connectivity index (χ4n) is 11.7. The molecule has 1 N–H and O–H groups in total. The van der Waals surface area contributed by atoms with Gasteiger partial charge in [-0.15, -0.1) is 0 Å². The third-order valence-corrected chi connectivity index (χ3v) is 13.1. The highest BCUT2D eigenvalue weighted by Crippen LogP contribution is 2.73. The molecule has 206 valence electrons. The van der Waals surface area contributed by atoms with Crippen LogP contribution in [0.15, 0.2) is 30.3 Å². The first-order valence-electron chi connectivity index (χ1n) is 15.1. The molecule has 0 radical (unpaired) electrons. The number of methoxy groups -OCH3 is 1. The van der Waals surface area contributed by atoms with Crippen molar-refractivity contribution in [2.75, 3.05) is 7.11 Å². The summed E-state index contributed by atoms with van der Waals surface area (Å²) in [4.78, 5) is 24.5. The van der Waals surface area contributed by atoms with Crippen molar-refractivity contribution < 1.29 is 19.4 Å². The van der Waals surface area contributed by atoms with Crippen LogP contribution in [0.4, 0.5) is 0 Å². The normalized spacial score (nSPS) is 43.1. The predicted molar refractivity (Wildman–Crippen MR) is 149 cm³/mol. The molecule has 4 nitrogen and oxygen atoms in total. The molecule has 1 aromatic rings. The monoisotopic (exact) mass is 518 g/mol. The van der Waals surface area contributed by atoms with E-state index in [0.29, 0.717) is 34.7 Å². The van der Waals surface area contributed by atoms with Crippen LogP contribution in [0.2, 0.25) is 0 Å². The molecule has 4 heteroatoms. The van der Waals surface area contributed by atoms with Crippen molar-refractivity contribution in [1.29, 1.82) is 0 Å². The van der Waals surface area contributed by atoms with E-state index in [0.717, 1.165) is 25.2 Å². The van der Waals surface area contributed by atoms with Crippen molar-refractivity contribution >= 4 is 17.5 Å². The molecule has 0 bridgehead atoms. The first-order chi connectivity index (χ1) is 18.0. The van der Waals surface area contributed by atoms with Crippen LogP contribution in [0.3, 0.4) is 0 Å². The fourth-order valence-corrected chi connectivity index (χ4v) is 11.7. The van der Waals surface area contributed by atoms with Gasteiger partial charge in [0, 0.05) is 0 Å². The van der Waals surface area contributed by atoms with Crippen molar-refractivity contribution in [2.24, 2.45) is 51.2 Å². The zero-order valence-corrected chi connectivity index (χ0v) is 24.0. The molecule has 6 rings (SSSR count). The van der Waals surface area contributed by atoms with Gasteiger partial charge in [0.2, 0.25) is 0 Å². The van der Waals surface area contributed by atoms with Gasteiger partial charge in [0.25, 0.3) is 0 Å². The second-order valence-electron chi connectivity index (χ2n) is 14.6. The number of ether oxygens (including phenoxy) is 1. The van der Waals surface area contributed by atoms with Crippen molar-refractivity contribution in [1.82, 2.24) is 0 Å². The summed E-state index contributed by atoms with van der Waals surface area (Å²) < 4.78 is 5.41. The Balaban J connectivity index is 1.31. The minimum absolute atomic E-state index is 0.0357. The quantitative estimate of drug-likeness (QED) is 0.412. The lowest BCUT2D eigenvalue weighted by molar-refractivity contribution is -0.189. The lowest BCUT2D eigenvalue weighted by atomic mass is 9.36. The first-order valence-corrected chi connectivity index (χ1v) is 15.1. The summed E-state index contributed by atoms with van der Waals surface area (Å²) >= 11 is 0. The first kappa shape index (κ1) is 26.1. The molecule has 0 amide bonds. The third kappa shape index (κ3) is 3.40. The Morgan fingerprint density at radius 3 is 2.26 bits per heavy atom. The Labute approximate surface area is 228 Å². The lowest BCUT2D eigenvalue weighted by Crippen LogP contribution is -2.61. The molecule has 4 saturated carbocycles. The van der Waals surface area contributed by atoms with Crippen LogP contribution in [0.1, 0.15) is 108 Å². The van der Waals surface area contributed by atoms with Crippen LogP contribution in [-0.4, -0.2) is 24.2 Å². The van der Waals surface area contributed by atoms with Crippen molar-refractivity contribution in [3.05, 3.63) is 41.5 Å². The van der Waals surface area contributed by atoms with E-state index in [1.807, 2.05) is 12.1 Å². The van der Waals surface area contributed by atoms with Crippen molar-refractivity contribution in [3.8, 4) is 0 Å². The molecule has 4 unspecified atom stereocenters. The zero-order chi connectivity index (χ0) is 27.1. The molecule has 4 fully saturated rings. The second kappa shape index (κ2) is 8.70. The minimum Gasteiger partial charge on any atom is -0.478 e. The number of allylic oxidation sites excluding steroid dienone is 2. The molecule has 0 aliphatic heterocycles. The van der Waals surface area contributed by atoms with Crippen LogP contribution in [0.5, 0.6) is 0 Å². The Morgan fingerprint density at radius 1 is 0.842 bits per heavy atom. The highest BCUT2D eigenvalue weighted by atomic mass is 16.5. The summed E-state index contributed by atoms with van der Waals surface area (Å²) in [7, 11) is 1.59. The molecular formula is C34H46O4. The molecule has 1 aromatic carbocycles. The van der Waals surface area contributed by atoms with Crippen LogP contribution in [-0.2, 0) is 9.53 Å². The topological polar surface area (TPSA) is 63.6 Å². The number of hydrogen-bond donors (Lipinski definition) is 1. The van der Waals surface area contributed by atoms with Gasteiger partial charge in [-0.25, -0.2) is 4.79 Å². The second-order valence-corrected chi connectivity index (χ2v) is 14.6. The summed E-state index contributed by atoms with van der Waals surface area (Å²) in [5, 5.41) is 9.36. The van der Waals surface area contributed by atoms with E-state index in [-0.39, 0.29) is 22.2 Å². The Hall–Kier alpha value is -2.10. The van der Waals surface area contributed by atoms with Gasteiger partial charge in [0.15, 0.2) is 0 Å². The maximum absolute atomic E-state index is 13.1. The lowest BCUT2D eigenvalue weighted by Gasteiger charge is -2.68. The summed E-state index contributed by atoms with van der Waals surface area (Å²) in [6.45, 7) is 10.1. The van der Waals surface area contributed by atoms with Gasteiger partial charge < -0.3 is 9.84 Å². The number of fused-ring (bicyclic) bond motifs is 7. The highest BCUT2D eigenvalue weighted by Gasteiger charge is 2.66. The van der Waals surface area contributed by atoms with Crippen LogP contribution >= 0.6 is 0 Å². The smallest absolute Gasteiger partial charge is 0.335 e. The highest BCUT2D eigenvalue weighted by molar-refractivity contribution is 5.88. The maximum atomic E-state index is 13.1. The van der Waals surface area contributed by atoms with E-state index < -0.39 is 5.97 Å². The largest absolute Gasteiger partial charge is 0.478 e. The molecule has 38 heavy (non-hydrogen) atoms. The summed E-state index contributed by atoms with van der Waals surface area (Å²) in [6, 6.07) is 7.52. The maximum Gasteiger partial charge on any atom is 0.335 e. The zero-order valence-electron chi connectivity index (χ0n) is 24.0. The molecule has 5 aliphatic rings. The number of carbonyl (C=O) groups excluding carboxylic acids is 1. The fraction of sp³-hybridized carbons (Fsp3) is 0.706. The standard InChI is InChI=1S/C34H46O4/c1-31(2)24(21-8-10-22(11-9-21)29(35)36)14-18-33(4)27(31)16-19-32(3)25-15-20-34(30(37)38-5)17-6-7-26(34)23(25)12-13-28(32)33/h8-11,14,23,25-28H,6-7,12-13,15-20H2,1-5H3,(H,35,36)/t23-,25?,26?,27?,28?,32-,33-,34-/m0/s1. The molecule has 0 saturated heterocycles. The predicted octanol–water partition coefficient (Wildman–Crippen LogP) is 8.02. The van der Waals surface area contributed by atoms with E-state index >= 15 is 0 Å². The number of esters is 1. The number of carboxylic acid groups (broad SMARTS) is 1. The number of benzene rings is 1. The third-order valence-electron chi connectivity index (χ3n) is 13.1. The van der Waals surface area contributed by atoms with E-state index in [2.05, 4.69) is 33.8 Å². The number of carbonyl (C=O) groups is 2. The minimum atomic E-state index is -0.868. The Kier molecular flexibility index (Phi) is 5.98. The number of hydrogen-bond acceptors (Lipinski definition) is 3. The average molecular weight is 519 g/mol. The number of carboxylic acids is 1. The van der Waals surface area contributed by atoms with Gasteiger partial charge in [0.1, 0.15) is 0 Å². The van der Waals surface area contributed by atoms with Gasteiger partial charge in [0.05, 0.1) is 18.1 Å². The van der Waals surface area contributed by atoms with E-state index in [1.54, 1.807) is 19.2 Å². The Bertz CT molecular complexity index is 1160. The van der Waals surface area contributed by atoms with Crippen LogP contribution in [0.25, 0.3) is 5.57 Å². The van der Waals surface area contributed by atoms with Gasteiger partial charge in [-0.3, -0.25) is 4.79 Å². The SMILES string of the molecule is COC(=O)[C@]12CCCC1[C@H]1CCC3[C@@](C)(CCC4C(C)(C)C(c5ccc(C(=O)O)cc5)=CC[C@@]43C)C1CC2. The van der Waals surface area contributed by atoms with E-state index in [4.69, 9.17) is 4.74 Å². The average Bonchev–Trinajstić information content (AvgIpc) is 3.33. The summed E-state index contributed by atoms with van der Waals surface area (Å²) in [5.74, 6) is 2.41. The van der Waals surface area contributed by atoms with E-state index in [9.17, 15) is 14.7 Å². The van der Waals surface area contributed by atoms with Crippen molar-refractivity contribution in [2.45, 2.75) is 91.9 Å². The molecular weight excluding hydrogens is 472 g/mol. The van der Waals surface area contributed by atoms with Crippen LogP contribution < -0.4 is 0 Å². The molecule has 5 aliphatic carbocycles. The summed E-state index contributed by atoms with van der Waals surface area (Å²) in [6.07, 6.45) is 14.3. The van der Waals surface area contributed by atoms with Gasteiger partial charge in [-0.1, -0.05) is 52.3 Å². The van der Waals surface area contributed by atoms with Crippen LogP contribution in [0, 0.1) is 51.2 Å². The van der Waals surface area contributed by atoms with Gasteiger partial charge in [-0.2, -0.15) is 0 Å². The number of aromatic carboxylic acids is 1. The molecule has 0 spiro atoms. The molecule has 0 heterocycles. The van der Waals surface area contributed by atoms with Crippen molar-refractivity contribution in [3.63, 3.8) is 0 Å². The van der Waals surface area contributed by atoms with E-state index in [1.165, 1.54) is 56.1 Å².